The molecule has 0 aromatic carbocycles. The van der Waals surface area contributed by atoms with E-state index in [1.807, 2.05) is 13.8 Å². The van der Waals surface area contributed by atoms with Gasteiger partial charge >= 0.3 is 0 Å². The second-order valence-corrected chi connectivity index (χ2v) is 5.60. The number of nitrogens with one attached hydrogen (secondary N) is 2. The van der Waals surface area contributed by atoms with Crippen molar-refractivity contribution in [1.82, 2.24) is 20.5 Å². The molecule has 1 aromatic heterocycles. The highest BCUT2D eigenvalue weighted by atomic mass is 16.3. The summed E-state index contributed by atoms with van der Waals surface area (Å²) in [7, 11) is 0. The lowest BCUT2D eigenvalue weighted by Gasteiger charge is -2.25. The number of carbonyl (C=O) groups is 1. The number of aliphatic hydroxyl groups excluding tert-OH is 1. The number of carbonyl (C=O) groups excluding carboxylic acids is 1. The summed E-state index contributed by atoms with van der Waals surface area (Å²) < 4.78 is 0. The minimum absolute atomic E-state index is 0.194. The molecule has 6 nitrogen and oxygen atoms in total. The van der Waals surface area contributed by atoms with E-state index in [9.17, 15) is 9.90 Å². The highest BCUT2D eigenvalue weighted by molar-refractivity contribution is 5.90. The number of aromatic amines is 1. The third-order valence-electron chi connectivity index (χ3n) is 3.56. The zero-order chi connectivity index (χ0) is 13.8. The van der Waals surface area contributed by atoms with E-state index in [0.29, 0.717) is 12.5 Å². The Morgan fingerprint density at radius 3 is 2.95 bits per heavy atom. The molecule has 1 amide bonds. The van der Waals surface area contributed by atoms with Crippen molar-refractivity contribution in [3.8, 4) is 0 Å². The fraction of sp³-hybridized carbons (Fsp3) is 0.769. The summed E-state index contributed by atoms with van der Waals surface area (Å²) in [5, 5.41) is 19.1. The van der Waals surface area contributed by atoms with Gasteiger partial charge in [-0.15, -0.1) is 5.10 Å². The zero-order valence-corrected chi connectivity index (χ0v) is 11.5. The third kappa shape index (κ3) is 3.76. The second kappa shape index (κ2) is 6.14. The largest absolute Gasteiger partial charge is 0.393 e. The molecule has 1 aromatic rings. The van der Waals surface area contributed by atoms with E-state index in [0.717, 1.165) is 31.5 Å². The number of amides is 1. The number of H-pyrrole nitrogens is 1. The second-order valence-electron chi connectivity index (χ2n) is 5.60. The normalized spacial score (nSPS) is 23.6. The maximum absolute atomic E-state index is 11.9. The van der Waals surface area contributed by atoms with Gasteiger partial charge in [-0.05, 0) is 25.2 Å². The smallest absolute Gasteiger partial charge is 0.290 e. The van der Waals surface area contributed by atoms with E-state index >= 15 is 0 Å². The van der Waals surface area contributed by atoms with Gasteiger partial charge in [-0.25, -0.2) is 4.98 Å². The molecule has 1 aliphatic rings. The Labute approximate surface area is 113 Å². The average Bonchev–Trinajstić information content (AvgIpc) is 2.86. The van der Waals surface area contributed by atoms with Crippen LogP contribution in [-0.2, 0) is 0 Å². The minimum Gasteiger partial charge on any atom is -0.393 e. The number of hydrogen-bond donors (Lipinski definition) is 3. The van der Waals surface area contributed by atoms with Gasteiger partial charge in [0.1, 0.15) is 5.82 Å². The molecule has 0 radical (unpaired) electrons. The SMILES string of the molecule is CC(C)c1nc(C(=O)NCC2CCCC(O)C2)n[nH]1. The molecule has 0 aliphatic heterocycles. The van der Waals surface area contributed by atoms with Crippen LogP contribution in [0.25, 0.3) is 0 Å². The highest BCUT2D eigenvalue weighted by Crippen LogP contribution is 2.23. The first-order valence-electron chi connectivity index (χ1n) is 6.94. The number of nitrogens with zero attached hydrogens (tertiary/aromatic N) is 2. The Hall–Kier alpha value is -1.43. The van der Waals surface area contributed by atoms with Gasteiger partial charge < -0.3 is 10.4 Å². The fourth-order valence-electron chi connectivity index (χ4n) is 2.40. The van der Waals surface area contributed by atoms with Gasteiger partial charge in [0.05, 0.1) is 6.10 Å². The first kappa shape index (κ1) is 14.0. The molecule has 1 heterocycles. The predicted octanol–water partition coefficient (Wildman–Crippen LogP) is 1.21. The van der Waals surface area contributed by atoms with Crippen molar-refractivity contribution in [3.63, 3.8) is 0 Å². The Morgan fingerprint density at radius 1 is 1.53 bits per heavy atom. The molecule has 2 unspecified atom stereocenters. The van der Waals surface area contributed by atoms with Crippen molar-refractivity contribution in [2.24, 2.45) is 5.92 Å². The Balaban J connectivity index is 1.83. The summed E-state index contributed by atoms with van der Waals surface area (Å²) in [6, 6.07) is 0. The lowest BCUT2D eigenvalue weighted by atomic mass is 9.87. The Morgan fingerprint density at radius 2 is 2.32 bits per heavy atom. The summed E-state index contributed by atoms with van der Waals surface area (Å²) in [4.78, 5) is 16.0. The highest BCUT2D eigenvalue weighted by Gasteiger charge is 2.21. The molecular weight excluding hydrogens is 244 g/mol. The van der Waals surface area contributed by atoms with Gasteiger partial charge in [-0.2, -0.15) is 0 Å². The molecular formula is C13H22N4O2. The molecule has 1 saturated carbocycles. The summed E-state index contributed by atoms with van der Waals surface area (Å²) in [5.74, 6) is 1.25. The van der Waals surface area contributed by atoms with Gasteiger partial charge in [0.25, 0.3) is 5.91 Å². The van der Waals surface area contributed by atoms with Crippen LogP contribution in [-0.4, -0.2) is 38.8 Å². The average molecular weight is 266 g/mol. The number of rotatable bonds is 4. The molecule has 19 heavy (non-hydrogen) atoms. The van der Waals surface area contributed by atoms with Crippen LogP contribution in [0.1, 0.15) is 61.9 Å². The van der Waals surface area contributed by atoms with Crippen LogP contribution in [0.15, 0.2) is 0 Å². The molecule has 6 heteroatoms. The fourth-order valence-corrected chi connectivity index (χ4v) is 2.40. The molecule has 0 bridgehead atoms. The van der Waals surface area contributed by atoms with Crippen LogP contribution in [0.3, 0.4) is 0 Å². The molecule has 1 fully saturated rings. The maximum atomic E-state index is 11.9. The predicted molar refractivity (Wildman–Crippen MR) is 70.8 cm³/mol. The van der Waals surface area contributed by atoms with E-state index in [4.69, 9.17) is 0 Å². The third-order valence-corrected chi connectivity index (χ3v) is 3.56. The van der Waals surface area contributed by atoms with Crippen molar-refractivity contribution in [1.29, 1.82) is 0 Å². The number of aromatic nitrogens is 3. The van der Waals surface area contributed by atoms with Crippen LogP contribution >= 0.6 is 0 Å². The first-order valence-corrected chi connectivity index (χ1v) is 6.94. The molecule has 106 valence electrons. The van der Waals surface area contributed by atoms with E-state index < -0.39 is 0 Å². The van der Waals surface area contributed by atoms with Crippen molar-refractivity contribution >= 4 is 5.91 Å². The monoisotopic (exact) mass is 266 g/mol. The molecule has 2 rings (SSSR count). The molecule has 2 atom stereocenters. The van der Waals surface area contributed by atoms with Gasteiger partial charge in [-0.3, -0.25) is 9.89 Å². The first-order chi connectivity index (χ1) is 9.06. The van der Waals surface area contributed by atoms with Crippen LogP contribution in [0.2, 0.25) is 0 Å². The van der Waals surface area contributed by atoms with Crippen LogP contribution in [0.4, 0.5) is 0 Å². The van der Waals surface area contributed by atoms with Crippen LogP contribution in [0.5, 0.6) is 0 Å². The van der Waals surface area contributed by atoms with E-state index in [-0.39, 0.29) is 23.8 Å². The van der Waals surface area contributed by atoms with Gasteiger partial charge in [-0.1, -0.05) is 20.3 Å². The van der Waals surface area contributed by atoms with E-state index in [1.54, 1.807) is 0 Å². The number of hydrogen-bond acceptors (Lipinski definition) is 4. The quantitative estimate of drug-likeness (QED) is 0.764. The summed E-state index contributed by atoms with van der Waals surface area (Å²) in [5.41, 5.74) is 0. The van der Waals surface area contributed by atoms with Crippen LogP contribution in [0, 0.1) is 5.92 Å². The van der Waals surface area contributed by atoms with Crippen molar-refractivity contribution in [3.05, 3.63) is 11.6 Å². The van der Waals surface area contributed by atoms with Gasteiger partial charge in [0, 0.05) is 12.5 Å². The lowest BCUT2D eigenvalue weighted by Crippen LogP contribution is -2.33. The zero-order valence-electron chi connectivity index (χ0n) is 11.5. The molecule has 0 saturated heterocycles. The minimum atomic E-state index is -0.247. The van der Waals surface area contributed by atoms with Gasteiger partial charge in [0.2, 0.25) is 5.82 Å². The van der Waals surface area contributed by atoms with Gasteiger partial charge in [0.15, 0.2) is 0 Å². The lowest BCUT2D eigenvalue weighted by molar-refractivity contribution is 0.0866. The van der Waals surface area contributed by atoms with Crippen LogP contribution < -0.4 is 5.32 Å². The molecule has 1 aliphatic carbocycles. The Kier molecular flexibility index (Phi) is 4.52. The summed E-state index contributed by atoms with van der Waals surface area (Å²) >= 11 is 0. The van der Waals surface area contributed by atoms with Crippen molar-refractivity contribution < 1.29 is 9.90 Å². The maximum Gasteiger partial charge on any atom is 0.290 e. The summed E-state index contributed by atoms with van der Waals surface area (Å²) in [6.45, 7) is 4.57. The van der Waals surface area contributed by atoms with Crippen molar-refractivity contribution in [2.45, 2.75) is 51.6 Å². The van der Waals surface area contributed by atoms with E-state index in [2.05, 4.69) is 20.5 Å². The Bertz CT molecular complexity index is 430. The topological polar surface area (TPSA) is 90.9 Å². The van der Waals surface area contributed by atoms with Crippen molar-refractivity contribution in [2.75, 3.05) is 6.54 Å². The molecule has 0 spiro atoms. The molecule has 3 N–H and O–H groups in total. The standard InChI is InChI=1S/C13H22N4O2/c1-8(2)11-15-12(17-16-11)13(19)14-7-9-4-3-5-10(18)6-9/h8-10,18H,3-7H2,1-2H3,(H,14,19)(H,15,16,17). The number of aliphatic hydroxyl groups is 1. The van der Waals surface area contributed by atoms with E-state index in [1.165, 1.54) is 0 Å². The summed E-state index contributed by atoms with van der Waals surface area (Å²) in [6.07, 6.45) is 3.52.